The van der Waals surface area contributed by atoms with Gasteiger partial charge in [-0.2, -0.15) is 10.4 Å². The molecule has 158 valence electrons. The molecule has 0 saturated carbocycles. The molecule has 0 atom stereocenters. The predicted molar refractivity (Wildman–Crippen MR) is 114 cm³/mol. The standard InChI is InChI=1S/C23H21N3O5/c1-15-19(22(27)26(25-15)11-3-10-24)12-17-6-9-20(21(13-17)30-2)31-14-16-4-7-18(8-5-16)23(28)29/h4-9,12-13H,3,11,14H2,1-2H3,(H,28,29). The second-order valence-electron chi connectivity index (χ2n) is 6.78. The van der Waals surface area contributed by atoms with Gasteiger partial charge in [-0.25, -0.2) is 9.80 Å². The maximum absolute atomic E-state index is 12.5. The summed E-state index contributed by atoms with van der Waals surface area (Å²) in [5.41, 5.74) is 2.83. The molecule has 0 spiro atoms. The third kappa shape index (κ3) is 5.08. The maximum Gasteiger partial charge on any atom is 0.335 e. The first-order chi connectivity index (χ1) is 14.9. The van der Waals surface area contributed by atoms with Gasteiger partial charge < -0.3 is 14.6 Å². The van der Waals surface area contributed by atoms with Crippen molar-refractivity contribution in [2.75, 3.05) is 13.7 Å². The van der Waals surface area contributed by atoms with Crippen LogP contribution in [-0.4, -0.2) is 41.4 Å². The van der Waals surface area contributed by atoms with E-state index in [2.05, 4.69) is 5.10 Å². The molecule has 0 saturated heterocycles. The van der Waals surface area contributed by atoms with E-state index < -0.39 is 5.97 Å². The first-order valence-corrected chi connectivity index (χ1v) is 9.52. The lowest BCUT2D eigenvalue weighted by Crippen LogP contribution is -2.22. The highest BCUT2D eigenvalue weighted by Crippen LogP contribution is 2.30. The molecule has 8 nitrogen and oxygen atoms in total. The van der Waals surface area contributed by atoms with E-state index in [4.69, 9.17) is 19.8 Å². The molecule has 1 amide bonds. The quantitative estimate of drug-likeness (QED) is 0.656. The van der Waals surface area contributed by atoms with Crippen LogP contribution in [0.15, 0.2) is 53.1 Å². The number of ether oxygens (including phenoxy) is 2. The van der Waals surface area contributed by atoms with Crippen LogP contribution in [-0.2, 0) is 11.4 Å². The summed E-state index contributed by atoms with van der Waals surface area (Å²) in [4.78, 5) is 23.5. The van der Waals surface area contributed by atoms with Crippen LogP contribution >= 0.6 is 0 Å². The minimum absolute atomic E-state index is 0.213. The zero-order valence-electron chi connectivity index (χ0n) is 17.2. The molecule has 8 heteroatoms. The van der Waals surface area contributed by atoms with Crippen molar-refractivity contribution in [3.05, 3.63) is 64.7 Å². The Labute approximate surface area is 179 Å². The molecule has 0 radical (unpaired) electrons. The Bertz CT molecular complexity index is 1100. The Morgan fingerprint density at radius 2 is 1.97 bits per heavy atom. The number of hydrazone groups is 1. The van der Waals surface area contributed by atoms with Crippen molar-refractivity contribution in [3.8, 4) is 17.6 Å². The Kier molecular flexibility index (Phi) is 6.67. The predicted octanol–water partition coefficient (Wildman–Crippen LogP) is 3.49. The summed E-state index contributed by atoms with van der Waals surface area (Å²) in [5.74, 6) is -0.200. The lowest BCUT2D eigenvalue weighted by molar-refractivity contribution is -0.125. The highest BCUT2D eigenvalue weighted by Gasteiger charge is 2.27. The number of benzene rings is 2. The van der Waals surface area contributed by atoms with Gasteiger partial charge in [0.05, 0.1) is 43.0 Å². The smallest absolute Gasteiger partial charge is 0.335 e. The molecular weight excluding hydrogens is 398 g/mol. The molecule has 3 rings (SSSR count). The fraction of sp³-hybridized carbons (Fsp3) is 0.217. The fourth-order valence-corrected chi connectivity index (χ4v) is 3.01. The van der Waals surface area contributed by atoms with E-state index in [0.29, 0.717) is 22.8 Å². The summed E-state index contributed by atoms with van der Waals surface area (Å²) in [5, 5.41) is 23.2. The molecule has 2 aromatic carbocycles. The van der Waals surface area contributed by atoms with Crippen LogP contribution in [0, 0.1) is 11.3 Å². The Morgan fingerprint density at radius 3 is 2.61 bits per heavy atom. The molecule has 1 N–H and O–H groups in total. The number of methoxy groups -OCH3 is 1. The van der Waals surface area contributed by atoms with E-state index in [1.807, 2.05) is 6.07 Å². The van der Waals surface area contributed by atoms with Gasteiger partial charge in [0.2, 0.25) is 0 Å². The number of nitrogens with zero attached hydrogens (tertiary/aromatic N) is 3. The zero-order valence-corrected chi connectivity index (χ0v) is 17.2. The lowest BCUT2D eigenvalue weighted by atomic mass is 10.1. The average molecular weight is 419 g/mol. The number of carboxylic acids is 1. The second-order valence-corrected chi connectivity index (χ2v) is 6.78. The highest BCUT2D eigenvalue weighted by atomic mass is 16.5. The zero-order chi connectivity index (χ0) is 22.4. The van der Waals surface area contributed by atoms with Crippen molar-refractivity contribution in [1.29, 1.82) is 5.26 Å². The molecule has 0 bridgehead atoms. The summed E-state index contributed by atoms with van der Waals surface area (Å²) in [6.45, 7) is 2.25. The fourth-order valence-electron chi connectivity index (χ4n) is 3.01. The highest BCUT2D eigenvalue weighted by molar-refractivity contribution is 6.26. The van der Waals surface area contributed by atoms with Crippen molar-refractivity contribution in [1.82, 2.24) is 5.01 Å². The third-order valence-corrected chi connectivity index (χ3v) is 4.65. The van der Waals surface area contributed by atoms with E-state index in [1.165, 1.54) is 24.3 Å². The summed E-state index contributed by atoms with van der Waals surface area (Å²) >= 11 is 0. The van der Waals surface area contributed by atoms with Crippen LogP contribution in [0.3, 0.4) is 0 Å². The van der Waals surface area contributed by atoms with Gasteiger partial charge >= 0.3 is 5.97 Å². The van der Waals surface area contributed by atoms with E-state index in [-0.39, 0.29) is 31.0 Å². The first-order valence-electron chi connectivity index (χ1n) is 9.52. The molecule has 0 unspecified atom stereocenters. The molecule has 2 aromatic rings. The van der Waals surface area contributed by atoms with Gasteiger partial charge in [-0.3, -0.25) is 4.79 Å². The van der Waals surface area contributed by atoms with E-state index in [1.54, 1.807) is 43.3 Å². The van der Waals surface area contributed by atoms with Crippen molar-refractivity contribution in [2.45, 2.75) is 20.0 Å². The number of hydrogen-bond acceptors (Lipinski definition) is 6. The Balaban J connectivity index is 1.73. The number of carboxylic acid groups (broad SMARTS) is 1. The number of carbonyl (C=O) groups excluding carboxylic acids is 1. The van der Waals surface area contributed by atoms with Crippen LogP contribution in [0.25, 0.3) is 6.08 Å². The third-order valence-electron chi connectivity index (χ3n) is 4.65. The Morgan fingerprint density at radius 1 is 1.23 bits per heavy atom. The molecule has 1 aliphatic rings. The molecule has 1 heterocycles. The average Bonchev–Trinajstić information content (AvgIpc) is 3.04. The van der Waals surface area contributed by atoms with Gasteiger partial charge in [-0.05, 0) is 48.4 Å². The largest absolute Gasteiger partial charge is 0.493 e. The lowest BCUT2D eigenvalue weighted by Gasteiger charge is -2.12. The van der Waals surface area contributed by atoms with E-state index in [0.717, 1.165) is 11.1 Å². The summed E-state index contributed by atoms with van der Waals surface area (Å²) in [6.07, 6.45) is 1.94. The van der Waals surface area contributed by atoms with Crippen LogP contribution < -0.4 is 9.47 Å². The van der Waals surface area contributed by atoms with Gasteiger partial charge in [0, 0.05) is 0 Å². The maximum atomic E-state index is 12.5. The van der Waals surface area contributed by atoms with E-state index >= 15 is 0 Å². The monoisotopic (exact) mass is 419 g/mol. The molecule has 31 heavy (non-hydrogen) atoms. The number of nitriles is 1. The molecule has 0 aliphatic carbocycles. The van der Waals surface area contributed by atoms with Gasteiger partial charge in [0.15, 0.2) is 11.5 Å². The van der Waals surface area contributed by atoms with Gasteiger partial charge in [0.1, 0.15) is 6.61 Å². The summed E-state index contributed by atoms with van der Waals surface area (Å²) in [7, 11) is 1.53. The number of carbonyl (C=O) groups is 2. The molecule has 0 aromatic heterocycles. The normalized spacial score (nSPS) is 14.4. The number of hydrogen-bond donors (Lipinski definition) is 1. The van der Waals surface area contributed by atoms with Crippen LogP contribution in [0.2, 0.25) is 0 Å². The SMILES string of the molecule is COc1cc(C=C2C(=O)N(CCC#N)N=C2C)ccc1OCc1ccc(C(=O)O)cc1. The minimum atomic E-state index is -0.979. The number of amides is 1. The van der Waals surface area contributed by atoms with Crippen LogP contribution in [0.1, 0.15) is 34.8 Å². The second kappa shape index (κ2) is 9.59. The van der Waals surface area contributed by atoms with Crippen molar-refractivity contribution in [2.24, 2.45) is 5.10 Å². The van der Waals surface area contributed by atoms with Crippen molar-refractivity contribution >= 4 is 23.7 Å². The van der Waals surface area contributed by atoms with Gasteiger partial charge in [0.25, 0.3) is 5.91 Å². The van der Waals surface area contributed by atoms with Gasteiger partial charge in [-0.1, -0.05) is 18.2 Å². The van der Waals surface area contributed by atoms with Gasteiger partial charge in [-0.15, -0.1) is 0 Å². The van der Waals surface area contributed by atoms with E-state index in [9.17, 15) is 9.59 Å². The number of rotatable bonds is 8. The molecule has 0 fully saturated rings. The summed E-state index contributed by atoms with van der Waals surface area (Å²) < 4.78 is 11.2. The van der Waals surface area contributed by atoms with Crippen molar-refractivity contribution in [3.63, 3.8) is 0 Å². The molecular formula is C23H21N3O5. The van der Waals surface area contributed by atoms with Crippen LogP contribution in [0.4, 0.5) is 0 Å². The topological polar surface area (TPSA) is 112 Å². The first kappa shape index (κ1) is 21.6. The minimum Gasteiger partial charge on any atom is -0.493 e. The van der Waals surface area contributed by atoms with Crippen molar-refractivity contribution < 1.29 is 24.2 Å². The summed E-state index contributed by atoms with van der Waals surface area (Å²) in [6, 6.07) is 13.8. The number of aromatic carboxylic acids is 1. The van der Waals surface area contributed by atoms with Crippen LogP contribution in [0.5, 0.6) is 11.5 Å². The Hall–Kier alpha value is -4.12. The molecule has 1 aliphatic heterocycles.